The molecule has 0 bridgehead atoms. The fourth-order valence-corrected chi connectivity index (χ4v) is 4.47. The predicted molar refractivity (Wildman–Crippen MR) is 130 cm³/mol. The number of hydrogen-bond donors (Lipinski definition) is 2. The highest BCUT2D eigenvalue weighted by Gasteiger charge is 2.28. The van der Waals surface area contributed by atoms with E-state index in [0.29, 0.717) is 28.1 Å². The smallest absolute Gasteiger partial charge is 0.258 e. The number of nitrogens with one attached hydrogen (secondary N) is 2. The lowest BCUT2D eigenvalue weighted by Gasteiger charge is -2.37. The van der Waals surface area contributed by atoms with Crippen molar-refractivity contribution < 1.29 is 9.59 Å². The fraction of sp³-hybridized carbons (Fsp3) is 0.480. The molecule has 6 nitrogen and oxygen atoms in total. The average molecular weight is 457 g/mol. The highest BCUT2D eigenvalue weighted by molar-refractivity contribution is 6.30. The average Bonchev–Trinajstić information content (AvgIpc) is 2.81. The largest absolute Gasteiger partial charge is 0.325 e. The monoisotopic (exact) mass is 456 g/mol. The number of para-hydroxylation sites is 1. The summed E-state index contributed by atoms with van der Waals surface area (Å²) in [5, 5.41) is 6.24. The summed E-state index contributed by atoms with van der Waals surface area (Å²) >= 11 is 5.85. The SMILES string of the molecule is CCCC(CCC)N1CCC(C(=O)Nc2ccccc2C(=O)Nc2ccc(Cl)cn2)CC1. The van der Waals surface area contributed by atoms with E-state index in [2.05, 4.69) is 34.4 Å². The number of likely N-dealkylation sites (tertiary alicyclic amines) is 1. The van der Waals surface area contributed by atoms with Gasteiger partial charge in [-0.05, 0) is 63.0 Å². The van der Waals surface area contributed by atoms with Crippen LogP contribution in [0.15, 0.2) is 42.6 Å². The van der Waals surface area contributed by atoms with Crippen molar-refractivity contribution in [2.75, 3.05) is 23.7 Å². The second-order valence-corrected chi connectivity index (χ2v) is 8.83. The molecular formula is C25H33ClN4O2. The zero-order chi connectivity index (χ0) is 22.9. The normalized spacial score (nSPS) is 15.0. The molecule has 0 atom stereocenters. The van der Waals surface area contributed by atoms with Crippen LogP contribution in [0.25, 0.3) is 0 Å². The van der Waals surface area contributed by atoms with Gasteiger partial charge in [-0.3, -0.25) is 9.59 Å². The molecule has 0 saturated carbocycles. The maximum atomic E-state index is 13.0. The Kier molecular flexibility index (Phi) is 9.06. The van der Waals surface area contributed by atoms with Crippen LogP contribution in [-0.2, 0) is 4.79 Å². The Morgan fingerprint density at radius 3 is 2.38 bits per heavy atom. The maximum Gasteiger partial charge on any atom is 0.258 e. The zero-order valence-corrected chi connectivity index (χ0v) is 19.7. The first kappa shape index (κ1) is 24.2. The molecule has 172 valence electrons. The van der Waals surface area contributed by atoms with Gasteiger partial charge in [-0.15, -0.1) is 0 Å². The molecular weight excluding hydrogens is 424 g/mol. The first-order valence-corrected chi connectivity index (χ1v) is 12.0. The van der Waals surface area contributed by atoms with E-state index in [1.165, 1.54) is 31.9 Å². The van der Waals surface area contributed by atoms with E-state index in [9.17, 15) is 9.59 Å². The van der Waals surface area contributed by atoms with E-state index < -0.39 is 0 Å². The lowest BCUT2D eigenvalue weighted by atomic mass is 9.93. The van der Waals surface area contributed by atoms with Gasteiger partial charge in [0, 0.05) is 18.2 Å². The van der Waals surface area contributed by atoms with E-state index in [-0.39, 0.29) is 17.7 Å². The number of hydrogen-bond acceptors (Lipinski definition) is 4. The summed E-state index contributed by atoms with van der Waals surface area (Å²) < 4.78 is 0. The van der Waals surface area contributed by atoms with Crippen molar-refractivity contribution in [1.82, 2.24) is 9.88 Å². The van der Waals surface area contributed by atoms with Crippen molar-refractivity contribution in [2.45, 2.75) is 58.4 Å². The number of rotatable bonds is 9. The quantitative estimate of drug-likeness (QED) is 0.514. The summed E-state index contributed by atoms with van der Waals surface area (Å²) in [5.41, 5.74) is 0.919. The number of amides is 2. The number of carbonyl (C=O) groups is 2. The fourth-order valence-electron chi connectivity index (χ4n) is 4.36. The van der Waals surface area contributed by atoms with Crippen LogP contribution in [0, 0.1) is 5.92 Å². The third-order valence-corrected chi connectivity index (χ3v) is 6.28. The van der Waals surface area contributed by atoms with Gasteiger partial charge in [0.05, 0.1) is 16.3 Å². The highest BCUT2D eigenvalue weighted by Crippen LogP contribution is 2.25. The Balaban J connectivity index is 1.60. The van der Waals surface area contributed by atoms with Crippen molar-refractivity contribution in [3.8, 4) is 0 Å². The lowest BCUT2D eigenvalue weighted by molar-refractivity contribution is -0.121. The second-order valence-electron chi connectivity index (χ2n) is 8.39. The van der Waals surface area contributed by atoms with Crippen molar-refractivity contribution >= 4 is 34.9 Å². The number of carbonyl (C=O) groups excluding carboxylic acids is 2. The van der Waals surface area contributed by atoms with E-state index in [0.717, 1.165) is 25.9 Å². The first-order valence-electron chi connectivity index (χ1n) is 11.6. The molecule has 2 amide bonds. The van der Waals surface area contributed by atoms with Crippen LogP contribution < -0.4 is 10.6 Å². The minimum atomic E-state index is -0.326. The van der Waals surface area contributed by atoms with Crippen LogP contribution in [0.3, 0.4) is 0 Å². The summed E-state index contributed by atoms with van der Waals surface area (Å²) in [6, 6.07) is 11.0. The van der Waals surface area contributed by atoms with Crippen LogP contribution in [0.5, 0.6) is 0 Å². The lowest BCUT2D eigenvalue weighted by Crippen LogP contribution is -2.43. The molecule has 3 rings (SSSR count). The molecule has 1 aromatic heterocycles. The third kappa shape index (κ3) is 6.53. The van der Waals surface area contributed by atoms with E-state index in [4.69, 9.17) is 11.6 Å². The van der Waals surface area contributed by atoms with Gasteiger partial charge >= 0.3 is 0 Å². The molecule has 0 aliphatic carbocycles. The predicted octanol–water partition coefficient (Wildman–Crippen LogP) is 5.61. The maximum absolute atomic E-state index is 13.0. The molecule has 0 spiro atoms. The molecule has 1 saturated heterocycles. The van der Waals surface area contributed by atoms with Crippen molar-refractivity contribution in [1.29, 1.82) is 0 Å². The molecule has 0 radical (unpaired) electrons. The third-order valence-electron chi connectivity index (χ3n) is 6.06. The van der Waals surface area contributed by atoms with Gasteiger partial charge in [-0.1, -0.05) is 50.4 Å². The molecule has 0 unspecified atom stereocenters. The number of piperidine rings is 1. The van der Waals surface area contributed by atoms with Crippen molar-refractivity contribution in [2.24, 2.45) is 5.92 Å². The number of benzene rings is 1. The first-order chi connectivity index (χ1) is 15.5. The zero-order valence-electron chi connectivity index (χ0n) is 18.9. The van der Waals surface area contributed by atoms with Gasteiger partial charge in [0.1, 0.15) is 5.82 Å². The Labute approximate surface area is 195 Å². The topological polar surface area (TPSA) is 74.3 Å². The highest BCUT2D eigenvalue weighted by atomic mass is 35.5. The van der Waals surface area contributed by atoms with Crippen LogP contribution in [0.4, 0.5) is 11.5 Å². The molecule has 7 heteroatoms. The van der Waals surface area contributed by atoms with Gasteiger partial charge < -0.3 is 15.5 Å². The Morgan fingerprint density at radius 2 is 1.75 bits per heavy atom. The molecule has 2 heterocycles. The Morgan fingerprint density at radius 1 is 1.06 bits per heavy atom. The van der Waals surface area contributed by atoms with Crippen LogP contribution in [0.2, 0.25) is 5.02 Å². The number of pyridine rings is 1. The van der Waals surface area contributed by atoms with E-state index >= 15 is 0 Å². The number of halogens is 1. The van der Waals surface area contributed by atoms with Crippen LogP contribution in [0.1, 0.15) is 62.7 Å². The second kappa shape index (κ2) is 12.0. The van der Waals surface area contributed by atoms with Crippen molar-refractivity contribution in [3.63, 3.8) is 0 Å². The molecule has 32 heavy (non-hydrogen) atoms. The molecule has 1 fully saturated rings. The molecule has 1 aromatic carbocycles. The summed E-state index contributed by atoms with van der Waals surface area (Å²) in [5.74, 6) is 0.0235. The van der Waals surface area contributed by atoms with Crippen molar-refractivity contribution in [3.05, 3.63) is 53.2 Å². The van der Waals surface area contributed by atoms with E-state index in [1.807, 2.05) is 6.07 Å². The number of aromatic nitrogens is 1. The summed E-state index contributed by atoms with van der Waals surface area (Å²) in [4.78, 5) is 32.4. The Bertz CT molecular complexity index is 889. The van der Waals surface area contributed by atoms with Gasteiger partial charge in [-0.25, -0.2) is 4.98 Å². The van der Waals surface area contributed by atoms with Gasteiger partial charge in [0.2, 0.25) is 5.91 Å². The molecule has 2 N–H and O–H groups in total. The van der Waals surface area contributed by atoms with Gasteiger partial charge in [0.25, 0.3) is 5.91 Å². The minimum Gasteiger partial charge on any atom is -0.325 e. The molecule has 2 aromatic rings. The van der Waals surface area contributed by atoms with Crippen LogP contribution in [-0.4, -0.2) is 40.8 Å². The number of nitrogens with zero attached hydrogens (tertiary/aromatic N) is 2. The minimum absolute atomic E-state index is 0.0166. The van der Waals surface area contributed by atoms with Gasteiger partial charge in [-0.2, -0.15) is 0 Å². The summed E-state index contributed by atoms with van der Waals surface area (Å²) in [6.07, 6.45) is 7.98. The Hall–Kier alpha value is -2.44. The number of anilines is 2. The van der Waals surface area contributed by atoms with Crippen LogP contribution >= 0.6 is 11.6 Å². The standard InChI is InChI=1S/C25H33ClN4O2/c1-3-7-20(8-4-2)30-15-13-18(14-16-30)24(31)28-22-10-6-5-9-21(22)25(32)29-23-12-11-19(26)17-27-23/h5-6,9-12,17-18,20H,3-4,7-8,13-16H2,1-2H3,(H,28,31)(H,27,29,32). The summed E-state index contributed by atoms with van der Waals surface area (Å²) in [7, 11) is 0. The van der Waals surface area contributed by atoms with Gasteiger partial charge in [0.15, 0.2) is 0 Å². The van der Waals surface area contributed by atoms with E-state index in [1.54, 1.807) is 30.3 Å². The molecule has 1 aliphatic rings. The molecule has 1 aliphatic heterocycles. The summed E-state index contributed by atoms with van der Waals surface area (Å²) in [6.45, 7) is 6.37.